The van der Waals surface area contributed by atoms with Crippen molar-refractivity contribution in [2.45, 2.75) is 20.0 Å². The highest BCUT2D eigenvalue weighted by Crippen LogP contribution is 2.11. The molecule has 0 aliphatic rings. The number of nitrogens with zero attached hydrogens (tertiary/aromatic N) is 1. The third-order valence-corrected chi connectivity index (χ3v) is 2.78. The van der Waals surface area contributed by atoms with Crippen LogP contribution in [0.25, 0.3) is 0 Å². The van der Waals surface area contributed by atoms with Crippen molar-refractivity contribution >= 4 is 21.5 Å². The van der Waals surface area contributed by atoms with Crippen LogP contribution in [0.1, 0.15) is 17.6 Å². The second kappa shape index (κ2) is 4.17. The summed E-state index contributed by atoms with van der Waals surface area (Å²) >= 11 is 1.41. The topological polar surface area (TPSA) is 56.3 Å². The van der Waals surface area contributed by atoms with Gasteiger partial charge in [0.05, 0.1) is 11.9 Å². The third kappa shape index (κ3) is 3.84. The quantitative estimate of drug-likeness (QED) is 0.716. The lowest BCUT2D eigenvalue weighted by atomic mass is 10.4. The van der Waals surface area contributed by atoms with Crippen LogP contribution >= 0.6 is 11.3 Å². The summed E-state index contributed by atoms with van der Waals surface area (Å²) in [5, 5.41) is 2.60. The zero-order valence-corrected chi connectivity index (χ0v) is 9.11. The molecule has 0 fully saturated rings. The van der Waals surface area contributed by atoms with E-state index in [2.05, 4.69) is 9.17 Å². The average molecular weight is 221 g/mol. The number of rotatable bonds is 4. The van der Waals surface area contributed by atoms with E-state index >= 15 is 0 Å². The standard InChI is InChI=1S/C7H11NO3S2/c1-3-6-5-12-7(8-6)4-11-13(2,9)10/h5H,3-4H2,1-2H3. The van der Waals surface area contributed by atoms with Gasteiger partial charge in [0.15, 0.2) is 0 Å². The van der Waals surface area contributed by atoms with E-state index in [-0.39, 0.29) is 6.61 Å². The van der Waals surface area contributed by atoms with Gasteiger partial charge in [0, 0.05) is 5.38 Å². The van der Waals surface area contributed by atoms with Crippen LogP contribution in [-0.2, 0) is 27.3 Å². The van der Waals surface area contributed by atoms with Crippen LogP contribution in [0.2, 0.25) is 0 Å². The maximum atomic E-state index is 10.6. The summed E-state index contributed by atoms with van der Waals surface area (Å²) in [5.74, 6) is 0. The Bertz CT molecular complexity index is 369. The molecule has 0 spiro atoms. The van der Waals surface area contributed by atoms with Gasteiger partial charge in [-0.3, -0.25) is 4.18 Å². The first-order chi connectivity index (χ1) is 6.01. The van der Waals surface area contributed by atoms with Crippen molar-refractivity contribution in [3.63, 3.8) is 0 Å². The molecular formula is C7H11NO3S2. The molecule has 1 heterocycles. The molecule has 0 aliphatic heterocycles. The van der Waals surface area contributed by atoms with Crippen molar-refractivity contribution in [2.24, 2.45) is 0 Å². The van der Waals surface area contributed by atoms with E-state index in [1.807, 2.05) is 12.3 Å². The minimum Gasteiger partial charge on any atom is -0.263 e. The summed E-state index contributed by atoms with van der Waals surface area (Å²) < 4.78 is 25.9. The molecule has 13 heavy (non-hydrogen) atoms. The van der Waals surface area contributed by atoms with Crippen LogP contribution in [0, 0.1) is 0 Å². The van der Waals surface area contributed by atoms with Gasteiger partial charge in [-0.25, -0.2) is 4.98 Å². The second-order valence-electron chi connectivity index (χ2n) is 2.55. The Morgan fingerprint density at radius 1 is 1.62 bits per heavy atom. The number of hydrogen-bond acceptors (Lipinski definition) is 5. The molecule has 1 aromatic heterocycles. The predicted molar refractivity (Wildman–Crippen MR) is 51.1 cm³/mol. The molecule has 4 nitrogen and oxygen atoms in total. The smallest absolute Gasteiger partial charge is 0.263 e. The fourth-order valence-electron chi connectivity index (χ4n) is 0.735. The largest absolute Gasteiger partial charge is 0.264 e. The summed E-state index contributed by atoms with van der Waals surface area (Å²) in [6.45, 7) is 2.04. The SMILES string of the molecule is CCc1csc(COS(C)(=O)=O)n1. The van der Waals surface area contributed by atoms with Crippen molar-refractivity contribution in [1.29, 1.82) is 0 Å². The Morgan fingerprint density at radius 2 is 2.31 bits per heavy atom. The molecule has 0 N–H and O–H groups in total. The van der Waals surface area contributed by atoms with E-state index in [1.165, 1.54) is 11.3 Å². The summed E-state index contributed by atoms with van der Waals surface area (Å²) in [7, 11) is -3.35. The summed E-state index contributed by atoms with van der Waals surface area (Å²) in [5.41, 5.74) is 0.970. The monoisotopic (exact) mass is 221 g/mol. The maximum absolute atomic E-state index is 10.6. The molecule has 0 radical (unpaired) electrons. The molecule has 6 heteroatoms. The molecule has 0 aromatic carbocycles. The Hall–Kier alpha value is -0.460. The minimum atomic E-state index is -3.35. The fourth-order valence-corrected chi connectivity index (χ4v) is 1.92. The van der Waals surface area contributed by atoms with Crippen LogP contribution in [0.3, 0.4) is 0 Å². The lowest BCUT2D eigenvalue weighted by molar-refractivity contribution is 0.311. The normalized spacial score (nSPS) is 11.8. The van der Waals surface area contributed by atoms with Crippen molar-refractivity contribution < 1.29 is 12.6 Å². The Labute approximate surface area is 81.7 Å². The highest BCUT2D eigenvalue weighted by atomic mass is 32.2. The van der Waals surface area contributed by atoms with Gasteiger partial charge < -0.3 is 0 Å². The van der Waals surface area contributed by atoms with E-state index in [0.717, 1.165) is 18.4 Å². The first-order valence-electron chi connectivity index (χ1n) is 3.79. The highest BCUT2D eigenvalue weighted by molar-refractivity contribution is 7.85. The van der Waals surface area contributed by atoms with Gasteiger partial charge in [0.1, 0.15) is 11.6 Å². The van der Waals surface area contributed by atoms with E-state index in [0.29, 0.717) is 5.01 Å². The molecule has 0 saturated heterocycles. The van der Waals surface area contributed by atoms with E-state index in [9.17, 15) is 8.42 Å². The van der Waals surface area contributed by atoms with E-state index < -0.39 is 10.1 Å². The molecular weight excluding hydrogens is 210 g/mol. The van der Waals surface area contributed by atoms with E-state index in [1.54, 1.807) is 0 Å². The molecule has 0 unspecified atom stereocenters. The van der Waals surface area contributed by atoms with Gasteiger partial charge in [-0.2, -0.15) is 8.42 Å². The fraction of sp³-hybridized carbons (Fsp3) is 0.571. The van der Waals surface area contributed by atoms with Gasteiger partial charge in [-0.05, 0) is 6.42 Å². The Morgan fingerprint density at radius 3 is 2.77 bits per heavy atom. The van der Waals surface area contributed by atoms with Crippen molar-refractivity contribution in [2.75, 3.05) is 6.26 Å². The first kappa shape index (κ1) is 10.6. The zero-order chi connectivity index (χ0) is 9.90. The molecule has 74 valence electrons. The molecule has 0 saturated carbocycles. The third-order valence-electron chi connectivity index (χ3n) is 1.36. The van der Waals surface area contributed by atoms with Crippen LogP contribution < -0.4 is 0 Å². The summed E-state index contributed by atoms with van der Waals surface area (Å²) in [6.07, 6.45) is 1.89. The van der Waals surface area contributed by atoms with Crippen molar-refractivity contribution in [3.05, 3.63) is 16.1 Å². The Kier molecular flexibility index (Phi) is 3.40. The van der Waals surface area contributed by atoms with Crippen LogP contribution in [-0.4, -0.2) is 19.7 Å². The van der Waals surface area contributed by atoms with Crippen molar-refractivity contribution in [1.82, 2.24) is 4.98 Å². The second-order valence-corrected chi connectivity index (χ2v) is 5.14. The molecule has 1 rings (SSSR count). The van der Waals surface area contributed by atoms with Gasteiger partial charge in [0.2, 0.25) is 0 Å². The summed E-state index contributed by atoms with van der Waals surface area (Å²) in [6, 6.07) is 0. The summed E-state index contributed by atoms with van der Waals surface area (Å²) in [4.78, 5) is 4.16. The number of hydrogen-bond donors (Lipinski definition) is 0. The zero-order valence-electron chi connectivity index (χ0n) is 7.48. The highest BCUT2D eigenvalue weighted by Gasteiger charge is 2.05. The Balaban J connectivity index is 2.55. The van der Waals surface area contributed by atoms with Gasteiger partial charge in [-0.1, -0.05) is 6.92 Å². The minimum absolute atomic E-state index is 0.0451. The van der Waals surface area contributed by atoms with Crippen LogP contribution in [0.4, 0.5) is 0 Å². The van der Waals surface area contributed by atoms with Gasteiger partial charge >= 0.3 is 0 Å². The predicted octanol–water partition coefficient (Wildman–Crippen LogP) is 1.18. The lowest BCUT2D eigenvalue weighted by Crippen LogP contribution is -2.02. The average Bonchev–Trinajstić information content (AvgIpc) is 2.47. The van der Waals surface area contributed by atoms with E-state index in [4.69, 9.17) is 0 Å². The number of aromatic nitrogens is 1. The van der Waals surface area contributed by atoms with Gasteiger partial charge in [-0.15, -0.1) is 11.3 Å². The van der Waals surface area contributed by atoms with Crippen LogP contribution in [0.15, 0.2) is 5.38 Å². The first-order valence-corrected chi connectivity index (χ1v) is 6.48. The van der Waals surface area contributed by atoms with Crippen LogP contribution in [0.5, 0.6) is 0 Å². The molecule has 0 bridgehead atoms. The molecule has 0 atom stereocenters. The number of aryl methyl sites for hydroxylation is 1. The molecule has 1 aromatic rings. The van der Waals surface area contributed by atoms with Crippen molar-refractivity contribution in [3.8, 4) is 0 Å². The number of thiazole rings is 1. The molecule has 0 aliphatic carbocycles. The molecule has 0 amide bonds. The lowest BCUT2D eigenvalue weighted by Gasteiger charge is -1.95. The van der Waals surface area contributed by atoms with Gasteiger partial charge in [0.25, 0.3) is 10.1 Å². The maximum Gasteiger partial charge on any atom is 0.264 e.